The second kappa shape index (κ2) is 5.27. The van der Waals surface area contributed by atoms with Crippen molar-refractivity contribution in [1.29, 1.82) is 0 Å². The summed E-state index contributed by atoms with van der Waals surface area (Å²) in [6, 6.07) is 0. The highest BCUT2D eigenvalue weighted by Gasteiger charge is 2.47. The Morgan fingerprint density at radius 2 is 1.56 bits per heavy atom. The number of hydrogen-bond acceptors (Lipinski definition) is 1. The molecule has 0 saturated heterocycles. The van der Waals surface area contributed by atoms with Gasteiger partial charge in [0.1, 0.15) is 0 Å². The summed E-state index contributed by atoms with van der Waals surface area (Å²) in [7, 11) is 0. The summed E-state index contributed by atoms with van der Waals surface area (Å²) in [5, 5.41) is 11.4. The van der Waals surface area contributed by atoms with Gasteiger partial charge in [0.15, 0.2) is 0 Å². The standard InChI is InChI=1S/C14H27ClO/c1-5-13(3,4)14(16,6-2)11-7-9-12(15)10-8-11/h11-12,16H,5-10H2,1-4H3. The minimum atomic E-state index is -0.515. The van der Waals surface area contributed by atoms with E-state index in [9.17, 15) is 5.11 Å². The molecule has 0 radical (unpaired) electrons. The Bertz CT molecular complexity index is 219. The monoisotopic (exact) mass is 246 g/mol. The van der Waals surface area contributed by atoms with Crippen LogP contribution in [0.15, 0.2) is 0 Å². The van der Waals surface area contributed by atoms with E-state index in [-0.39, 0.29) is 5.41 Å². The van der Waals surface area contributed by atoms with Crippen molar-refractivity contribution < 1.29 is 5.11 Å². The fraction of sp³-hybridized carbons (Fsp3) is 1.00. The molecule has 1 aliphatic carbocycles. The average Bonchev–Trinajstić information content (AvgIpc) is 2.28. The Morgan fingerprint density at radius 1 is 1.06 bits per heavy atom. The van der Waals surface area contributed by atoms with Crippen LogP contribution in [0.25, 0.3) is 0 Å². The van der Waals surface area contributed by atoms with Crippen LogP contribution >= 0.6 is 11.6 Å². The summed E-state index contributed by atoms with van der Waals surface area (Å²) in [4.78, 5) is 0. The third kappa shape index (κ3) is 2.56. The summed E-state index contributed by atoms with van der Waals surface area (Å²) < 4.78 is 0. The van der Waals surface area contributed by atoms with E-state index in [0.29, 0.717) is 11.3 Å². The SMILES string of the molecule is CCC(C)(C)C(O)(CC)C1CCC(Cl)CC1. The predicted octanol–water partition coefficient (Wildman–Crippen LogP) is 4.36. The second-order valence-corrected chi connectivity index (χ2v) is 6.58. The molecule has 0 aliphatic heterocycles. The molecule has 1 nitrogen and oxygen atoms in total. The highest BCUT2D eigenvalue weighted by atomic mass is 35.5. The molecule has 1 N–H and O–H groups in total. The molecule has 1 aliphatic rings. The van der Waals surface area contributed by atoms with Crippen molar-refractivity contribution in [3.63, 3.8) is 0 Å². The van der Waals surface area contributed by atoms with Crippen molar-refractivity contribution in [2.75, 3.05) is 0 Å². The average molecular weight is 247 g/mol. The van der Waals surface area contributed by atoms with Crippen molar-refractivity contribution in [3.8, 4) is 0 Å². The molecule has 0 amide bonds. The Labute approximate surface area is 106 Å². The molecule has 0 aromatic heterocycles. The van der Waals surface area contributed by atoms with Gasteiger partial charge in [0.05, 0.1) is 5.60 Å². The molecule has 1 fully saturated rings. The highest BCUT2D eigenvalue weighted by molar-refractivity contribution is 6.20. The first-order valence-electron chi connectivity index (χ1n) is 6.73. The molecule has 16 heavy (non-hydrogen) atoms. The van der Waals surface area contributed by atoms with Crippen LogP contribution in [0.4, 0.5) is 0 Å². The maximum atomic E-state index is 11.0. The normalized spacial score (nSPS) is 31.1. The summed E-state index contributed by atoms with van der Waals surface area (Å²) >= 11 is 6.14. The van der Waals surface area contributed by atoms with Crippen molar-refractivity contribution in [2.24, 2.45) is 11.3 Å². The van der Waals surface area contributed by atoms with Crippen molar-refractivity contribution in [1.82, 2.24) is 0 Å². The van der Waals surface area contributed by atoms with Gasteiger partial charge in [-0.25, -0.2) is 0 Å². The molecular weight excluding hydrogens is 220 g/mol. The Kier molecular flexibility index (Phi) is 4.71. The van der Waals surface area contributed by atoms with E-state index >= 15 is 0 Å². The van der Waals surface area contributed by atoms with Crippen molar-refractivity contribution in [3.05, 3.63) is 0 Å². The maximum Gasteiger partial charge on any atom is 0.0723 e. The van der Waals surface area contributed by atoms with Crippen LogP contribution in [0.3, 0.4) is 0 Å². The van der Waals surface area contributed by atoms with Gasteiger partial charge < -0.3 is 5.11 Å². The van der Waals surface area contributed by atoms with Crippen LogP contribution in [0.2, 0.25) is 0 Å². The van der Waals surface area contributed by atoms with Gasteiger partial charge >= 0.3 is 0 Å². The van der Waals surface area contributed by atoms with E-state index < -0.39 is 5.60 Å². The number of halogens is 1. The van der Waals surface area contributed by atoms with Crippen LogP contribution in [0, 0.1) is 11.3 Å². The zero-order chi connectivity index (χ0) is 12.4. The van der Waals surface area contributed by atoms with Gasteiger partial charge in [-0.3, -0.25) is 0 Å². The first kappa shape index (κ1) is 14.3. The van der Waals surface area contributed by atoms with E-state index in [0.717, 1.165) is 38.5 Å². The molecule has 0 aromatic carbocycles. The molecule has 0 aromatic rings. The number of aliphatic hydroxyl groups is 1. The van der Waals surface area contributed by atoms with Gasteiger partial charge in [0, 0.05) is 5.38 Å². The molecule has 96 valence electrons. The molecule has 0 bridgehead atoms. The van der Waals surface area contributed by atoms with Gasteiger partial charge in [-0.1, -0.05) is 27.7 Å². The lowest BCUT2D eigenvalue weighted by molar-refractivity contribution is -0.125. The maximum absolute atomic E-state index is 11.0. The van der Waals surface area contributed by atoms with Gasteiger partial charge in [0.25, 0.3) is 0 Å². The Morgan fingerprint density at radius 3 is 1.94 bits per heavy atom. The van der Waals surface area contributed by atoms with E-state index in [2.05, 4.69) is 27.7 Å². The Balaban J connectivity index is 2.80. The van der Waals surface area contributed by atoms with Crippen LogP contribution < -0.4 is 0 Å². The first-order valence-corrected chi connectivity index (χ1v) is 7.17. The van der Waals surface area contributed by atoms with E-state index in [1.807, 2.05) is 0 Å². The molecule has 1 atom stereocenters. The third-order valence-electron chi connectivity index (χ3n) is 4.93. The molecule has 0 spiro atoms. The van der Waals surface area contributed by atoms with E-state index in [1.165, 1.54) is 0 Å². The molecule has 1 saturated carbocycles. The van der Waals surface area contributed by atoms with Crippen molar-refractivity contribution in [2.45, 2.75) is 77.2 Å². The number of hydrogen-bond donors (Lipinski definition) is 1. The van der Waals surface area contributed by atoms with Gasteiger partial charge in [0.2, 0.25) is 0 Å². The lowest BCUT2D eigenvalue weighted by atomic mass is 9.61. The summed E-state index contributed by atoms with van der Waals surface area (Å²) in [6.45, 7) is 8.69. The van der Waals surface area contributed by atoms with E-state index in [4.69, 9.17) is 11.6 Å². The minimum Gasteiger partial charge on any atom is -0.389 e. The molecule has 0 heterocycles. The van der Waals surface area contributed by atoms with E-state index in [1.54, 1.807) is 0 Å². The van der Waals surface area contributed by atoms with Crippen LogP contribution in [0.1, 0.15) is 66.2 Å². The molecule has 1 rings (SSSR count). The largest absolute Gasteiger partial charge is 0.389 e. The predicted molar refractivity (Wildman–Crippen MR) is 70.9 cm³/mol. The lowest BCUT2D eigenvalue weighted by Crippen LogP contribution is -2.51. The van der Waals surface area contributed by atoms with Crippen LogP contribution in [0.5, 0.6) is 0 Å². The lowest BCUT2D eigenvalue weighted by Gasteiger charge is -2.49. The smallest absolute Gasteiger partial charge is 0.0723 e. The van der Waals surface area contributed by atoms with Crippen LogP contribution in [-0.4, -0.2) is 16.1 Å². The summed E-state index contributed by atoms with van der Waals surface area (Å²) in [5.74, 6) is 0.433. The minimum absolute atomic E-state index is 0.00552. The zero-order valence-corrected chi connectivity index (χ0v) is 12.0. The zero-order valence-electron chi connectivity index (χ0n) is 11.2. The van der Waals surface area contributed by atoms with Crippen molar-refractivity contribution >= 4 is 11.6 Å². The fourth-order valence-corrected chi connectivity index (χ4v) is 3.41. The molecular formula is C14H27ClO. The quantitative estimate of drug-likeness (QED) is 0.731. The molecule has 1 unspecified atom stereocenters. The molecule has 2 heteroatoms. The highest BCUT2D eigenvalue weighted by Crippen LogP contribution is 2.47. The van der Waals surface area contributed by atoms with Gasteiger partial charge in [-0.15, -0.1) is 11.6 Å². The summed E-state index contributed by atoms with van der Waals surface area (Å²) in [6.07, 6.45) is 6.18. The van der Waals surface area contributed by atoms with Gasteiger partial charge in [-0.2, -0.15) is 0 Å². The number of rotatable bonds is 4. The number of alkyl halides is 1. The fourth-order valence-electron chi connectivity index (χ4n) is 3.16. The van der Waals surface area contributed by atoms with Crippen LogP contribution in [-0.2, 0) is 0 Å². The topological polar surface area (TPSA) is 20.2 Å². The summed E-state index contributed by atoms with van der Waals surface area (Å²) in [5.41, 5.74) is -0.510. The first-order chi connectivity index (χ1) is 7.37. The van der Waals surface area contributed by atoms with Gasteiger partial charge in [-0.05, 0) is 49.9 Å². The second-order valence-electron chi connectivity index (χ2n) is 5.96. The Hall–Kier alpha value is 0.250. The third-order valence-corrected chi connectivity index (χ3v) is 5.36.